The zero-order valence-corrected chi connectivity index (χ0v) is 10.6. The SMILES string of the molecule is Cc1n[nH]c(C)c1CN1CCCC(C(F)(F)F)C1. The first kappa shape index (κ1) is 13.4. The van der Waals surface area contributed by atoms with Crippen LogP contribution in [0.4, 0.5) is 13.2 Å². The smallest absolute Gasteiger partial charge is 0.298 e. The van der Waals surface area contributed by atoms with E-state index in [1.807, 2.05) is 18.7 Å². The highest BCUT2D eigenvalue weighted by Gasteiger charge is 2.41. The van der Waals surface area contributed by atoms with E-state index in [-0.39, 0.29) is 13.0 Å². The van der Waals surface area contributed by atoms with Gasteiger partial charge in [-0.2, -0.15) is 18.3 Å². The Balaban J connectivity index is 2.02. The average Bonchev–Trinajstić information content (AvgIpc) is 2.60. The Bertz CT molecular complexity index is 392. The summed E-state index contributed by atoms with van der Waals surface area (Å²) in [5, 5.41) is 6.94. The Morgan fingerprint density at radius 2 is 2.11 bits per heavy atom. The third-order valence-electron chi connectivity index (χ3n) is 3.63. The third kappa shape index (κ3) is 2.85. The van der Waals surface area contributed by atoms with Gasteiger partial charge in [-0.25, -0.2) is 0 Å². The third-order valence-corrected chi connectivity index (χ3v) is 3.63. The van der Waals surface area contributed by atoms with Crippen LogP contribution < -0.4 is 0 Å². The highest BCUT2D eigenvalue weighted by Crippen LogP contribution is 2.33. The fourth-order valence-corrected chi connectivity index (χ4v) is 2.50. The van der Waals surface area contributed by atoms with E-state index in [0.717, 1.165) is 23.5 Å². The van der Waals surface area contributed by atoms with Crippen LogP contribution in [0, 0.1) is 19.8 Å². The summed E-state index contributed by atoms with van der Waals surface area (Å²) in [4.78, 5) is 1.88. The van der Waals surface area contributed by atoms with Crippen molar-refractivity contribution < 1.29 is 13.2 Å². The Labute approximate surface area is 104 Å². The molecule has 2 heterocycles. The maximum absolute atomic E-state index is 12.7. The van der Waals surface area contributed by atoms with Gasteiger partial charge in [0.1, 0.15) is 0 Å². The first-order chi connectivity index (χ1) is 8.38. The number of halogens is 3. The second-order valence-corrected chi connectivity index (χ2v) is 5.03. The average molecular weight is 261 g/mol. The van der Waals surface area contributed by atoms with Gasteiger partial charge in [0, 0.05) is 24.3 Å². The van der Waals surface area contributed by atoms with E-state index in [1.165, 1.54) is 0 Å². The molecule has 1 unspecified atom stereocenters. The molecule has 0 amide bonds. The predicted molar refractivity (Wildman–Crippen MR) is 62.1 cm³/mol. The Morgan fingerprint density at radius 3 is 2.67 bits per heavy atom. The second kappa shape index (κ2) is 4.91. The molecule has 6 heteroatoms. The van der Waals surface area contributed by atoms with Crippen molar-refractivity contribution in [2.45, 2.75) is 39.4 Å². The number of aromatic nitrogens is 2. The quantitative estimate of drug-likeness (QED) is 0.887. The summed E-state index contributed by atoms with van der Waals surface area (Å²) >= 11 is 0. The van der Waals surface area contributed by atoms with Crippen LogP contribution in [0.2, 0.25) is 0 Å². The topological polar surface area (TPSA) is 31.9 Å². The van der Waals surface area contributed by atoms with Gasteiger partial charge < -0.3 is 0 Å². The molecule has 0 spiro atoms. The number of piperidine rings is 1. The molecular weight excluding hydrogens is 243 g/mol. The molecule has 1 aromatic heterocycles. The van der Waals surface area contributed by atoms with Gasteiger partial charge in [-0.1, -0.05) is 0 Å². The number of nitrogens with zero attached hydrogens (tertiary/aromatic N) is 2. The van der Waals surface area contributed by atoms with Crippen molar-refractivity contribution in [3.63, 3.8) is 0 Å². The largest absolute Gasteiger partial charge is 0.393 e. The lowest BCUT2D eigenvalue weighted by atomic mass is 9.97. The van der Waals surface area contributed by atoms with Gasteiger partial charge in [0.25, 0.3) is 0 Å². The number of alkyl halides is 3. The summed E-state index contributed by atoms with van der Waals surface area (Å²) in [7, 11) is 0. The summed E-state index contributed by atoms with van der Waals surface area (Å²) in [6, 6.07) is 0. The van der Waals surface area contributed by atoms with Crippen LogP contribution >= 0.6 is 0 Å². The lowest BCUT2D eigenvalue weighted by molar-refractivity contribution is -0.187. The molecule has 3 nitrogen and oxygen atoms in total. The van der Waals surface area contributed by atoms with Crippen molar-refractivity contribution >= 4 is 0 Å². The number of aryl methyl sites for hydroxylation is 2. The van der Waals surface area contributed by atoms with E-state index in [1.54, 1.807) is 0 Å². The van der Waals surface area contributed by atoms with Gasteiger partial charge in [-0.3, -0.25) is 10.00 Å². The maximum atomic E-state index is 12.7. The van der Waals surface area contributed by atoms with Crippen LogP contribution in [0.5, 0.6) is 0 Å². The predicted octanol–water partition coefficient (Wildman–Crippen LogP) is 2.80. The number of likely N-dealkylation sites (tertiary alicyclic amines) is 1. The van der Waals surface area contributed by atoms with E-state index in [2.05, 4.69) is 10.2 Å². The van der Waals surface area contributed by atoms with Crippen molar-refractivity contribution in [2.24, 2.45) is 5.92 Å². The van der Waals surface area contributed by atoms with Gasteiger partial charge in [0.15, 0.2) is 0 Å². The molecule has 0 saturated carbocycles. The summed E-state index contributed by atoms with van der Waals surface area (Å²) < 4.78 is 38.1. The van der Waals surface area contributed by atoms with Crippen LogP contribution in [-0.2, 0) is 6.54 Å². The van der Waals surface area contributed by atoms with Gasteiger partial charge in [-0.05, 0) is 33.2 Å². The Morgan fingerprint density at radius 1 is 1.39 bits per heavy atom. The lowest BCUT2D eigenvalue weighted by Crippen LogP contribution is -2.41. The van der Waals surface area contributed by atoms with Crippen molar-refractivity contribution in [1.29, 1.82) is 0 Å². The van der Waals surface area contributed by atoms with E-state index in [0.29, 0.717) is 13.0 Å². The van der Waals surface area contributed by atoms with Crippen LogP contribution in [0.25, 0.3) is 0 Å². The normalized spacial score (nSPS) is 22.4. The van der Waals surface area contributed by atoms with Crippen molar-refractivity contribution in [3.05, 3.63) is 17.0 Å². The van der Waals surface area contributed by atoms with Crippen molar-refractivity contribution in [3.8, 4) is 0 Å². The van der Waals surface area contributed by atoms with E-state index in [4.69, 9.17) is 0 Å². The minimum Gasteiger partial charge on any atom is -0.298 e. The molecule has 18 heavy (non-hydrogen) atoms. The number of rotatable bonds is 2. The maximum Gasteiger partial charge on any atom is 0.393 e. The summed E-state index contributed by atoms with van der Waals surface area (Å²) in [5.41, 5.74) is 2.85. The molecule has 1 N–H and O–H groups in total. The molecule has 0 aromatic carbocycles. The number of nitrogens with one attached hydrogen (secondary N) is 1. The van der Waals surface area contributed by atoms with Crippen molar-refractivity contribution in [2.75, 3.05) is 13.1 Å². The molecule has 102 valence electrons. The highest BCUT2D eigenvalue weighted by molar-refractivity contribution is 5.22. The zero-order chi connectivity index (χ0) is 13.3. The zero-order valence-electron chi connectivity index (χ0n) is 10.6. The van der Waals surface area contributed by atoms with Gasteiger partial charge >= 0.3 is 6.18 Å². The number of H-pyrrole nitrogens is 1. The van der Waals surface area contributed by atoms with Gasteiger partial charge in [-0.15, -0.1) is 0 Å². The minimum atomic E-state index is -4.07. The molecular formula is C12H18F3N3. The standard InChI is InChI=1S/C12H18F3N3/c1-8-11(9(2)17-16-8)7-18-5-3-4-10(6-18)12(13,14)15/h10H,3-7H2,1-2H3,(H,16,17). The molecule has 1 saturated heterocycles. The number of hydrogen-bond acceptors (Lipinski definition) is 2. The summed E-state index contributed by atoms with van der Waals surface area (Å²) in [6.45, 7) is 5.18. The molecule has 1 aliphatic heterocycles. The fourth-order valence-electron chi connectivity index (χ4n) is 2.50. The van der Waals surface area contributed by atoms with Crippen LogP contribution in [0.1, 0.15) is 29.8 Å². The summed E-state index contributed by atoms with van der Waals surface area (Å²) in [5.74, 6) is -1.18. The molecule has 0 bridgehead atoms. The second-order valence-electron chi connectivity index (χ2n) is 5.03. The van der Waals surface area contributed by atoms with E-state index in [9.17, 15) is 13.2 Å². The molecule has 1 fully saturated rings. The van der Waals surface area contributed by atoms with Crippen LogP contribution in [0.15, 0.2) is 0 Å². The van der Waals surface area contributed by atoms with Crippen molar-refractivity contribution in [1.82, 2.24) is 15.1 Å². The van der Waals surface area contributed by atoms with E-state index >= 15 is 0 Å². The molecule has 0 aliphatic carbocycles. The first-order valence-electron chi connectivity index (χ1n) is 6.17. The van der Waals surface area contributed by atoms with Gasteiger partial charge in [0.2, 0.25) is 0 Å². The molecule has 1 aliphatic rings. The fraction of sp³-hybridized carbons (Fsp3) is 0.750. The molecule has 1 atom stereocenters. The Hall–Kier alpha value is -1.04. The van der Waals surface area contributed by atoms with E-state index < -0.39 is 12.1 Å². The van der Waals surface area contributed by atoms with Crippen LogP contribution in [-0.4, -0.2) is 34.4 Å². The number of hydrogen-bond donors (Lipinski definition) is 1. The number of aromatic amines is 1. The minimum absolute atomic E-state index is 0.105. The lowest BCUT2D eigenvalue weighted by Gasteiger charge is -2.33. The van der Waals surface area contributed by atoms with Gasteiger partial charge in [0.05, 0.1) is 11.6 Å². The molecule has 2 rings (SSSR count). The highest BCUT2D eigenvalue weighted by atomic mass is 19.4. The van der Waals surface area contributed by atoms with Crippen LogP contribution in [0.3, 0.4) is 0 Å². The molecule has 0 radical (unpaired) electrons. The monoisotopic (exact) mass is 261 g/mol. The first-order valence-corrected chi connectivity index (χ1v) is 6.17. The molecule has 1 aromatic rings. The Kier molecular flexibility index (Phi) is 3.66. The summed E-state index contributed by atoms with van der Waals surface area (Å²) in [6.07, 6.45) is -3.21.